The lowest BCUT2D eigenvalue weighted by Gasteiger charge is -2.24. The van der Waals surface area contributed by atoms with Crippen LogP contribution in [-0.2, 0) is 14.3 Å². The molecule has 0 aromatic heterocycles. The molecule has 0 aliphatic heterocycles. The zero-order valence-electron chi connectivity index (χ0n) is 37.3. The van der Waals surface area contributed by atoms with E-state index < -0.39 is 18.2 Å². The van der Waals surface area contributed by atoms with E-state index in [0.717, 1.165) is 70.6 Å². The largest absolute Gasteiger partial charge is 0.462 e. The van der Waals surface area contributed by atoms with Gasteiger partial charge in [-0.2, -0.15) is 0 Å². The van der Waals surface area contributed by atoms with Gasteiger partial charge in [0.1, 0.15) is 6.10 Å². The summed E-state index contributed by atoms with van der Waals surface area (Å²) in [5, 5.41) is 23.7. The van der Waals surface area contributed by atoms with Crippen molar-refractivity contribution in [1.82, 2.24) is 5.32 Å². The third-order valence-electron chi connectivity index (χ3n) is 11.0. The van der Waals surface area contributed by atoms with Crippen molar-refractivity contribution in [3.63, 3.8) is 0 Å². The summed E-state index contributed by atoms with van der Waals surface area (Å²) in [4.78, 5) is 26.0. The van der Waals surface area contributed by atoms with E-state index in [2.05, 4.69) is 50.4 Å². The van der Waals surface area contributed by atoms with Gasteiger partial charge in [0.2, 0.25) is 5.91 Å². The van der Waals surface area contributed by atoms with Gasteiger partial charge in [-0.3, -0.25) is 9.59 Å². The molecule has 0 radical (unpaired) electrons. The predicted octanol–water partition coefficient (Wildman–Crippen LogP) is 14.1. The van der Waals surface area contributed by atoms with E-state index in [4.69, 9.17) is 4.74 Å². The molecule has 0 fully saturated rings. The number of aliphatic hydroxyl groups excluding tert-OH is 2. The number of unbranched alkanes of at least 4 members (excludes halogenated alkanes) is 27. The van der Waals surface area contributed by atoms with E-state index in [0.29, 0.717) is 19.3 Å². The minimum atomic E-state index is -0.793. The number of nitrogens with one attached hydrogen (secondary N) is 1. The fraction of sp³-hybridized carbons (Fsp3) is 0.840. The number of amides is 1. The number of hydrogen-bond donors (Lipinski definition) is 3. The number of rotatable bonds is 43. The summed E-state index contributed by atoms with van der Waals surface area (Å²) >= 11 is 0. The van der Waals surface area contributed by atoms with E-state index in [1.807, 2.05) is 12.2 Å². The van der Waals surface area contributed by atoms with Crippen molar-refractivity contribution in [1.29, 1.82) is 0 Å². The van der Waals surface area contributed by atoms with Gasteiger partial charge in [-0.15, -0.1) is 0 Å². The van der Waals surface area contributed by atoms with Gasteiger partial charge in [-0.05, 0) is 44.9 Å². The Hall–Kier alpha value is -1.92. The Bertz CT molecular complexity index is 930. The summed E-state index contributed by atoms with van der Waals surface area (Å²) in [7, 11) is 0. The zero-order chi connectivity index (χ0) is 41.0. The fourth-order valence-corrected chi connectivity index (χ4v) is 7.37. The second-order valence-corrected chi connectivity index (χ2v) is 16.6. The molecule has 0 bridgehead atoms. The van der Waals surface area contributed by atoms with Crippen LogP contribution in [0.25, 0.3) is 0 Å². The molecule has 0 heterocycles. The molecule has 0 saturated heterocycles. The maximum atomic E-state index is 13.1. The molecule has 0 rings (SSSR count). The molecule has 0 aliphatic carbocycles. The number of ether oxygens (including phenoxy) is 1. The molecular formula is C50H93NO5. The van der Waals surface area contributed by atoms with Gasteiger partial charge >= 0.3 is 5.97 Å². The second-order valence-electron chi connectivity index (χ2n) is 16.6. The highest BCUT2D eigenvalue weighted by Gasteiger charge is 2.24. The molecule has 56 heavy (non-hydrogen) atoms. The normalized spacial score (nSPS) is 13.6. The summed E-state index contributed by atoms with van der Waals surface area (Å²) in [5.41, 5.74) is 0. The van der Waals surface area contributed by atoms with E-state index >= 15 is 0 Å². The Labute approximate surface area is 347 Å². The lowest BCUT2D eigenvalue weighted by atomic mass is 10.0. The summed E-state index contributed by atoms with van der Waals surface area (Å²) in [6.07, 6.45) is 50.6. The predicted molar refractivity (Wildman–Crippen MR) is 241 cm³/mol. The van der Waals surface area contributed by atoms with Gasteiger partial charge < -0.3 is 20.3 Å². The average molecular weight is 788 g/mol. The van der Waals surface area contributed by atoms with Crippen molar-refractivity contribution in [2.24, 2.45) is 0 Å². The molecule has 1 amide bonds. The van der Waals surface area contributed by atoms with Crippen LogP contribution in [0.1, 0.15) is 245 Å². The topological polar surface area (TPSA) is 95.9 Å². The van der Waals surface area contributed by atoms with Crippen LogP contribution < -0.4 is 5.32 Å². The van der Waals surface area contributed by atoms with Crippen LogP contribution in [0.2, 0.25) is 0 Å². The minimum absolute atomic E-state index is 0.0578. The highest BCUT2D eigenvalue weighted by atomic mass is 16.5. The fourth-order valence-electron chi connectivity index (χ4n) is 7.37. The Balaban J connectivity index is 4.57. The number of allylic oxidation sites excluding steroid dienone is 6. The Morgan fingerprint density at radius 3 is 1.45 bits per heavy atom. The third-order valence-corrected chi connectivity index (χ3v) is 11.0. The average Bonchev–Trinajstić information content (AvgIpc) is 3.19. The summed E-state index contributed by atoms with van der Waals surface area (Å²) in [5.74, 6) is -0.502. The second kappa shape index (κ2) is 44.2. The lowest BCUT2D eigenvalue weighted by Crippen LogP contribution is -2.46. The molecular weight excluding hydrogens is 695 g/mol. The monoisotopic (exact) mass is 788 g/mol. The van der Waals surface area contributed by atoms with Crippen LogP contribution in [0.3, 0.4) is 0 Å². The highest BCUT2D eigenvalue weighted by molar-refractivity contribution is 5.77. The van der Waals surface area contributed by atoms with Gasteiger partial charge in [-0.25, -0.2) is 0 Å². The lowest BCUT2D eigenvalue weighted by molar-refractivity contribution is -0.151. The first-order valence-corrected chi connectivity index (χ1v) is 24.2. The minimum Gasteiger partial charge on any atom is -0.462 e. The van der Waals surface area contributed by atoms with E-state index in [9.17, 15) is 19.8 Å². The molecule has 328 valence electrons. The van der Waals surface area contributed by atoms with Gasteiger partial charge in [-0.1, -0.05) is 224 Å². The molecule has 6 nitrogen and oxygen atoms in total. The first-order chi connectivity index (χ1) is 27.5. The van der Waals surface area contributed by atoms with E-state index in [1.165, 1.54) is 128 Å². The van der Waals surface area contributed by atoms with Crippen molar-refractivity contribution in [3.8, 4) is 0 Å². The number of hydrogen-bond acceptors (Lipinski definition) is 5. The molecule has 0 aromatic carbocycles. The number of carbonyl (C=O) groups excluding carboxylic acids is 2. The van der Waals surface area contributed by atoms with Crippen LogP contribution in [0.5, 0.6) is 0 Å². The first-order valence-electron chi connectivity index (χ1n) is 24.2. The molecule has 6 heteroatoms. The number of esters is 1. The highest BCUT2D eigenvalue weighted by Crippen LogP contribution is 2.18. The van der Waals surface area contributed by atoms with Crippen LogP contribution in [0.4, 0.5) is 0 Å². The van der Waals surface area contributed by atoms with Crippen molar-refractivity contribution < 1.29 is 24.5 Å². The van der Waals surface area contributed by atoms with Crippen molar-refractivity contribution in [3.05, 3.63) is 36.5 Å². The Morgan fingerprint density at radius 2 is 0.964 bits per heavy atom. The van der Waals surface area contributed by atoms with Crippen LogP contribution in [-0.4, -0.2) is 46.9 Å². The van der Waals surface area contributed by atoms with Crippen LogP contribution in [0.15, 0.2) is 36.5 Å². The molecule has 0 aromatic rings. The summed E-state index contributed by atoms with van der Waals surface area (Å²) in [6.45, 7) is 6.34. The molecule has 3 N–H and O–H groups in total. The molecule has 0 spiro atoms. The standard InChI is InChI=1S/C50H93NO5/c1-4-7-10-13-16-19-22-24-27-30-33-36-39-42-48(53)47(45-52)51-49(54)44-46(41-38-35-32-29-26-21-18-15-12-9-6-3)56-50(55)43-40-37-34-31-28-25-23-20-17-14-11-8-5-2/h9,12,15,18,21,26,46-48,52-53H,4-8,10-11,13-14,16-17,19-20,22-25,27-45H2,1-3H3,(H,51,54)/b12-9+,18-15+,26-21-. The van der Waals surface area contributed by atoms with Crippen LogP contribution >= 0.6 is 0 Å². The zero-order valence-corrected chi connectivity index (χ0v) is 37.3. The number of aliphatic hydroxyl groups is 2. The van der Waals surface area contributed by atoms with Crippen LogP contribution in [0, 0.1) is 0 Å². The smallest absolute Gasteiger partial charge is 0.306 e. The van der Waals surface area contributed by atoms with Gasteiger partial charge in [0.15, 0.2) is 0 Å². The molecule has 3 atom stereocenters. The SMILES string of the molecule is CC/C=C/C=C/C=C\CCCCCC(CC(=O)NC(CO)C(O)CCCCCCCCCCCCCCC)OC(=O)CCCCCCCCCCCCCCC. The maximum absolute atomic E-state index is 13.1. The van der Waals surface area contributed by atoms with Crippen molar-refractivity contribution >= 4 is 11.9 Å². The molecule has 0 saturated carbocycles. The van der Waals surface area contributed by atoms with Crippen molar-refractivity contribution in [2.45, 2.75) is 264 Å². The van der Waals surface area contributed by atoms with E-state index in [1.54, 1.807) is 0 Å². The number of carbonyl (C=O) groups is 2. The Morgan fingerprint density at radius 1 is 0.536 bits per heavy atom. The van der Waals surface area contributed by atoms with Gasteiger partial charge in [0, 0.05) is 6.42 Å². The van der Waals surface area contributed by atoms with Gasteiger partial charge in [0.05, 0.1) is 25.2 Å². The summed E-state index contributed by atoms with van der Waals surface area (Å²) in [6, 6.07) is -0.708. The maximum Gasteiger partial charge on any atom is 0.306 e. The summed E-state index contributed by atoms with van der Waals surface area (Å²) < 4.78 is 5.89. The quantitative estimate of drug-likeness (QED) is 0.0325. The van der Waals surface area contributed by atoms with Crippen molar-refractivity contribution in [2.75, 3.05) is 6.61 Å². The third kappa shape index (κ3) is 38.9. The molecule has 3 unspecified atom stereocenters. The first kappa shape index (κ1) is 54.1. The Kier molecular flexibility index (Phi) is 42.7. The van der Waals surface area contributed by atoms with Gasteiger partial charge in [0.25, 0.3) is 0 Å². The van der Waals surface area contributed by atoms with E-state index in [-0.39, 0.29) is 24.9 Å². The molecule has 0 aliphatic rings.